The highest BCUT2D eigenvalue weighted by Gasteiger charge is 2.24. The van der Waals surface area contributed by atoms with Gasteiger partial charge in [-0.25, -0.2) is 0 Å². The van der Waals surface area contributed by atoms with Crippen LogP contribution in [-0.4, -0.2) is 29.3 Å². The number of para-hydroxylation sites is 1. The Balaban J connectivity index is 1.39. The summed E-state index contributed by atoms with van der Waals surface area (Å²) in [5.74, 6) is 1.67. The fourth-order valence-corrected chi connectivity index (χ4v) is 4.16. The van der Waals surface area contributed by atoms with Crippen molar-refractivity contribution in [3.05, 3.63) is 101 Å². The van der Waals surface area contributed by atoms with Crippen LogP contribution in [0.5, 0.6) is 11.5 Å². The van der Waals surface area contributed by atoms with E-state index >= 15 is 0 Å². The summed E-state index contributed by atoms with van der Waals surface area (Å²) in [6.45, 7) is 2.80. The molecule has 5 rings (SSSR count). The number of aromatic nitrogens is 1. The highest BCUT2D eigenvalue weighted by Crippen LogP contribution is 2.33. The molecule has 2 radical (unpaired) electrons. The first-order valence-electron chi connectivity index (χ1n) is 10.5. The topological polar surface area (TPSA) is 43.2 Å². The molecule has 0 saturated heterocycles. The molecule has 0 amide bonds. The van der Waals surface area contributed by atoms with Crippen LogP contribution in [0.15, 0.2) is 78.5 Å². The molecular formula is C26H24BN3O. The lowest BCUT2D eigenvalue weighted by Crippen LogP contribution is -2.30. The van der Waals surface area contributed by atoms with Gasteiger partial charge in [-0.1, -0.05) is 36.4 Å². The number of benzene rings is 2. The molecule has 1 aromatic heterocycles. The number of hydrogen-bond donors (Lipinski definition) is 1. The van der Waals surface area contributed by atoms with Gasteiger partial charge in [-0.2, -0.15) is 0 Å². The molecule has 0 aliphatic carbocycles. The summed E-state index contributed by atoms with van der Waals surface area (Å²) < 4.78 is 10.3. The minimum Gasteiger partial charge on any atom is -0.501 e. The van der Waals surface area contributed by atoms with Gasteiger partial charge in [0.25, 0.3) is 0 Å². The van der Waals surface area contributed by atoms with Crippen LogP contribution in [0.1, 0.15) is 28.9 Å². The lowest BCUT2D eigenvalue weighted by Gasteiger charge is -2.29. The van der Waals surface area contributed by atoms with Crippen molar-refractivity contribution in [2.45, 2.75) is 13.3 Å². The summed E-state index contributed by atoms with van der Waals surface area (Å²) in [5, 5.41) is 0. The average molecular weight is 405 g/mol. The quantitative estimate of drug-likeness (QED) is 0.595. The molecule has 0 saturated carbocycles. The number of nitrogens with two attached hydrogens (primary N) is 1. The summed E-state index contributed by atoms with van der Waals surface area (Å²) in [4.78, 5) is 0. The van der Waals surface area contributed by atoms with Gasteiger partial charge in [0.1, 0.15) is 17.7 Å². The fraction of sp³-hybridized carbons (Fsp3) is 0.115. The predicted octanol–water partition coefficient (Wildman–Crippen LogP) is 4.87. The Morgan fingerprint density at radius 3 is 2.58 bits per heavy atom. The maximum absolute atomic E-state index is 5.92. The van der Waals surface area contributed by atoms with Crippen LogP contribution < -0.4 is 10.5 Å². The third kappa shape index (κ3) is 3.80. The molecule has 0 bridgehead atoms. The lowest BCUT2D eigenvalue weighted by molar-refractivity contribution is -0.307. The van der Waals surface area contributed by atoms with Crippen LogP contribution in [0.4, 0.5) is 0 Å². The van der Waals surface area contributed by atoms with E-state index in [1.807, 2.05) is 42.5 Å². The Labute approximate surface area is 183 Å². The molecule has 2 aliphatic rings. The highest BCUT2D eigenvalue weighted by molar-refractivity contribution is 6.28. The first-order valence-corrected chi connectivity index (χ1v) is 10.5. The normalized spacial score (nSPS) is 14.7. The van der Waals surface area contributed by atoms with E-state index in [1.54, 1.807) is 0 Å². The zero-order valence-electron chi connectivity index (χ0n) is 17.5. The first-order chi connectivity index (χ1) is 15.2. The van der Waals surface area contributed by atoms with Gasteiger partial charge in [0, 0.05) is 29.1 Å². The Morgan fingerprint density at radius 1 is 1.03 bits per heavy atom. The maximum Gasteiger partial charge on any atom is 0.221 e. The number of nitrogens with zero attached hydrogens (tertiary/aromatic N) is 2. The molecular weight excluding hydrogens is 381 g/mol. The van der Waals surface area contributed by atoms with Crippen molar-refractivity contribution in [1.82, 2.24) is 4.48 Å². The van der Waals surface area contributed by atoms with E-state index in [0.717, 1.165) is 29.2 Å². The van der Waals surface area contributed by atoms with Crippen molar-refractivity contribution in [3.63, 3.8) is 0 Å². The van der Waals surface area contributed by atoms with E-state index in [2.05, 4.69) is 72.2 Å². The second-order valence-corrected chi connectivity index (χ2v) is 7.72. The number of hydrogen-bond acceptors (Lipinski definition) is 2. The minimum absolute atomic E-state index is 0.633. The van der Waals surface area contributed by atoms with Crippen molar-refractivity contribution in [3.8, 4) is 11.5 Å². The molecule has 3 heterocycles. The Bertz CT molecular complexity index is 1230. The molecule has 0 unspecified atom stereocenters. The first kappa shape index (κ1) is 19.4. The number of rotatable bonds is 6. The highest BCUT2D eigenvalue weighted by atomic mass is 16.5. The molecule has 3 aromatic rings. The summed E-state index contributed by atoms with van der Waals surface area (Å²) in [5.41, 5.74) is 13.2. The molecule has 152 valence electrons. The van der Waals surface area contributed by atoms with E-state index in [4.69, 9.17) is 10.5 Å². The zero-order valence-corrected chi connectivity index (χ0v) is 17.5. The number of ether oxygens (including phenoxy) is 1. The second kappa shape index (κ2) is 8.28. The molecule has 0 atom stereocenters. The van der Waals surface area contributed by atoms with E-state index in [9.17, 15) is 0 Å². The van der Waals surface area contributed by atoms with Gasteiger partial charge in [0.15, 0.2) is 5.70 Å². The van der Waals surface area contributed by atoms with Crippen molar-refractivity contribution in [2.75, 3.05) is 6.54 Å². The predicted molar refractivity (Wildman–Crippen MR) is 128 cm³/mol. The van der Waals surface area contributed by atoms with Gasteiger partial charge >= 0.3 is 0 Å². The van der Waals surface area contributed by atoms with Crippen LogP contribution in [-0.2, 0) is 0 Å². The largest absolute Gasteiger partial charge is 0.501 e. The van der Waals surface area contributed by atoms with Crippen LogP contribution in [0.3, 0.4) is 0 Å². The van der Waals surface area contributed by atoms with E-state index < -0.39 is 0 Å². The molecule has 0 fully saturated rings. The Morgan fingerprint density at radius 2 is 1.81 bits per heavy atom. The maximum atomic E-state index is 5.92. The number of aryl methyl sites for hydroxylation is 1. The van der Waals surface area contributed by atoms with Crippen molar-refractivity contribution >= 4 is 31.5 Å². The van der Waals surface area contributed by atoms with Crippen LogP contribution >= 0.6 is 0 Å². The SMILES string of the molecule is Cc1cc(/C=C/c2ccc(Oc3ccccc3)cc2)n2c1C(CCN)=C1C=CC=[N+]1[B-]2. The molecule has 2 aliphatic heterocycles. The van der Waals surface area contributed by atoms with Crippen molar-refractivity contribution < 1.29 is 9.22 Å². The van der Waals surface area contributed by atoms with Gasteiger partial charge in [-0.05, 0) is 67.4 Å². The smallest absolute Gasteiger partial charge is 0.221 e. The van der Waals surface area contributed by atoms with E-state index in [1.165, 1.54) is 22.5 Å². The molecule has 5 heteroatoms. The van der Waals surface area contributed by atoms with Crippen LogP contribution in [0, 0.1) is 6.92 Å². The van der Waals surface area contributed by atoms with Gasteiger partial charge in [0.2, 0.25) is 7.55 Å². The van der Waals surface area contributed by atoms with E-state index in [0.29, 0.717) is 6.54 Å². The summed E-state index contributed by atoms with van der Waals surface area (Å²) in [6.07, 6.45) is 11.5. The van der Waals surface area contributed by atoms with E-state index in [-0.39, 0.29) is 0 Å². The minimum atomic E-state index is 0.633. The fourth-order valence-electron chi connectivity index (χ4n) is 4.16. The second-order valence-electron chi connectivity index (χ2n) is 7.72. The number of allylic oxidation sites excluding steroid dienone is 2. The van der Waals surface area contributed by atoms with Crippen LogP contribution in [0.2, 0.25) is 0 Å². The third-order valence-corrected chi connectivity index (χ3v) is 5.57. The summed E-state index contributed by atoms with van der Waals surface area (Å²) in [6, 6.07) is 20.2. The van der Waals surface area contributed by atoms with Gasteiger partial charge in [-0.15, -0.1) is 0 Å². The van der Waals surface area contributed by atoms with Crippen LogP contribution in [0.25, 0.3) is 17.7 Å². The standard InChI is InChI=1S/C26H24BN3O/c1-19-18-21(30-26(19)24(15-16-28)25-8-5-17-29(25)27-30)12-9-20-10-13-23(14-11-20)31-22-6-3-2-4-7-22/h2-14,17-18H,15-16,28H2,1H3/b12-9+. The Hall–Kier alpha value is -3.57. The third-order valence-electron chi connectivity index (χ3n) is 5.57. The zero-order chi connectivity index (χ0) is 21.2. The summed E-state index contributed by atoms with van der Waals surface area (Å²) >= 11 is 0. The molecule has 31 heavy (non-hydrogen) atoms. The van der Waals surface area contributed by atoms with Gasteiger partial charge in [-0.3, -0.25) is 0 Å². The van der Waals surface area contributed by atoms with Gasteiger partial charge < -0.3 is 19.4 Å². The number of fused-ring (bicyclic) bond motifs is 2. The molecule has 2 N–H and O–H groups in total. The van der Waals surface area contributed by atoms with Crippen molar-refractivity contribution in [2.24, 2.45) is 5.73 Å². The summed E-state index contributed by atoms with van der Waals surface area (Å²) in [7, 11) is 2.15. The monoisotopic (exact) mass is 405 g/mol. The average Bonchev–Trinajstić information content (AvgIpc) is 3.38. The van der Waals surface area contributed by atoms with Gasteiger partial charge in [0.05, 0.1) is 0 Å². The van der Waals surface area contributed by atoms with Crippen molar-refractivity contribution in [1.29, 1.82) is 0 Å². The molecule has 4 nitrogen and oxygen atoms in total. The molecule has 0 spiro atoms. The molecule has 2 aromatic carbocycles. The Kier molecular flexibility index (Phi) is 5.18. The lowest BCUT2D eigenvalue weighted by atomic mass is 9.94.